The molecule has 0 radical (unpaired) electrons. The topological polar surface area (TPSA) is 26.3 Å². The van der Waals surface area contributed by atoms with Gasteiger partial charge >= 0.3 is 18.3 Å². The first kappa shape index (κ1) is 17.8. The lowest BCUT2D eigenvalue weighted by Crippen LogP contribution is -2.10. The summed E-state index contributed by atoms with van der Waals surface area (Å²) >= 11 is 0. The fourth-order valence-corrected chi connectivity index (χ4v) is 2.09. The second-order valence-electron chi connectivity index (χ2n) is 4.82. The van der Waals surface area contributed by atoms with E-state index in [9.17, 15) is 31.1 Å². The number of alkyl halides is 6. The Morgan fingerprint density at radius 2 is 1.33 bits per heavy atom. The van der Waals surface area contributed by atoms with Crippen molar-refractivity contribution in [1.29, 1.82) is 0 Å². The summed E-state index contributed by atoms with van der Waals surface area (Å²) in [5.41, 5.74) is -2.14. The molecule has 0 aliphatic heterocycles. The van der Waals surface area contributed by atoms with Crippen molar-refractivity contribution in [2.24, 2.45) is 0 Å². The van der Waals surface area contributed by atoms with E-state index in [1.54, 1.807) is 0 Å². The van der Waals surface area contributed by atoms with Gasteiger partial charge in [0, 0.05) is 0 Å². The fraction of sp³-hybridized carbons (Fsp3) is 0.188. The minimum atomic E-state index is -4.67. The molecule has 24 heavy (non-hydrogen) atoms. The third-order valence-corrected chi connectivity index (χ3v) is 3.28. The van der Waals surface area contributed by atoms with Gasteiger partial charge in [-0.1, -0.05) is 18.2 Å². The second kappa shape index (κ2) is 6.18. The van der Waals surface area contributed by atoms with E-state index in [1.807, 2.05) is 0 Å². The van der Waals surface area contributed by atoms with Crippen molar-refractivity contribution in [2.45, 2.75) is 12.4 Å². The summed E-state index contributed by atoms with van der Waals surface area (Å²) in [6, 6.07) is 6.12. The number of carbonyl (C=O) groups is 1. The molecule has 2 aromatic rings. The van der Waals surface area contributed by atoms with E-state index >= 15 is 0 Å². The van der Waals surface area contributed by atoms with Crippen LogP contribution in [0.4, 0.5) is 26.3 Å². The van der Waals surface area contributed by atoms with Crippen molar-refractivity contribution < 1.29 is 35.9 Å². The van der Waals surface area contributed by atoms with Crippen molar-refractivity contribution in [1.82, 2.24) is 0 Å². The molecule has 0 saturated heterocycles. The van der Waals surface area contributed by atoms with E-state index in [-0.39, 0.29) is 16.7 Å². The predicted octanol–water partition coefficient (Wildman–Crippen LogP) is 5.18. The maximum absolute atomic E-state index is 12.8. The number of esters is 1. The Balaban J connectivity index is 2.55. The van der Waals surface area contributed by atoms with Crippen LogP contribution in [0.15, 0.2) is 42.5 Å². The molecule has 0 aliphatic rings. The smallest absolute Gasteiger partial charge is 0.416 e. The summed E-state index contributed by atoms with van der Waals surface area (Å²) in [5.74, 6) is -1.02. The average Bonchev–Trinajstić information content (AvgIpc) is 2.52. The summed E-state index contributed by atoms with van der Waals surface area (Å²) in [7, 11) is 0.999. The zero-order valence-corrected chi connectivity index (χ0v) is 12.1. The van der Waals surface area contributed by atoms with Gasteiger partial charge in [-0.3, -0.25) is 0 Å². The van der Waals surface area contributed by atoms with Gasteiger partial charge in [-0.15, -0.1) is 0 Å². The van der Waals surface area contributed by atoms with Gasteiger partial charge in [-0.25, -0.2) is 4.79 Å². The molecule has 2 nitrogen and oxygen atoms in total. The van der Waals surface area contributed by atoms with Gasteiger partial charge < -0.3 is 4.74 Å². The number of carbonyl (C=O) groups excluding carboxylic acids is 1. The van der Waals surface area contributed by atoms with Gasteiger partial charge in [0.15, 0.2) is 0 Å². The molecule has 8 heteroatoms. The zero-order chi connectivity index (χ0) is 18.1. The van der Waals surface area contributed by atoms with Gasteiger partial charge in [0.05, 0.1) is 23.8 Å². The van der Waals surface area contributed by atoms with Crippen LogP contribution in [-0.2, 0) is 17.1 Å². The fourth-order valence-electron chi connectivity index (χ4n) is 2.09. The highest BCUT2D eigenvalue weighted by Crippen LogP contribution is 2.35. The molecule has 0 saturated carbocycles. The minimum Gasteiger partial charge on any atom is -0.465 e. The third-order valence-electron chi connectivity index (χ3n) is 3.28. The zero-order valence-electron chi connectivity index (χ0n) is 12.1. The van der Waals surface area contributed by atoms with Crippen LogP contribution in [0.5, 0.6) is 0 Å². The van der Waals surface area contributed by atoms with E-state index in [2.05, 4.69) is 4.74 Å². The molecule has 128 valence electrons. The molecule has 2 aromatic carbocycles. The number of hydrogen-bond donors (Lipinski definition) is 0. The summed E-state index contributed by atoms with van der Waals surface area (Å²) in [6.45, 7) is 0. The maximum Gasteiger partial charge on any atom is 0.416 e. The first-order chi connectivity index (χ1) is 11.0. The Morgan fingerprint density at radius 1 is 0.833 bits per heavy atom. The molecule has 0 N–H and O–H groups in total. The number of halogens is 6. The van der Waals surface area contributed by atoms with Crippen LogP contribution < -0.4 is 0 Å². The first-order valence-electron chi connectivity index (χ1n) is 6.51. The Hall–Kier alpha value is -2.51. The summed E-state index contributed by atoms with van der Waals surface area (Å²) < 4.78 is 80.5. The standard InChI is InChI=1S/C16H10F6O2/c1-24-14(23)13-8-11(16(20,21)22)6-7-12(13)9-2-4-10(5-3-9)15(17,18)19/h2-8H,1H3. The molecule has 0 spiro atoms. The van der Waals surface area contributed by atoms with Crippen molar-refractivity contribution >= 4 is 5.97 Å². The van der Waals surface area contributed by atoms with E-state index < -0.39 is 29.4 Å². The highest BCUT2D eigenvalue weighted by Gasteiger charge is 2.33. The monoisotopic (exact) mass is 348 g/mol. The number of hydrogen-bond acceptors (Lipinski definition) is 2. The maximum atomic E-state index is 12.8. The predicted molar refractivity (Wildman–Crippen MR) is 73.2 cm³/mol. The van der Waals surface area contributed by atoms with Crippen LogP contribution in [-0.4, -0.2) is 13.1 Å². The number of benzene rings is 2. The first-order valence-corrected chi connectivity index (χ1v) is 6.51. The van der Waals surface area contributed by atoms with Gasteiger partial charge in [-0.05, 0) is 35.4 Å². The molecular formula is C16H10F6O2. The van der Waals surface area contributed by atoms with Crippen molar-refractivity contribution in [3.05, 3.63) is 59.2 Å². The van der Waals surface area contributed by atoms with E-state index in [1.165, 1.54) is 0 Å². The SMILES string of the molecule is COC(=O)c1cc(C(F)(F)F)ccc1-c1ccc(C(F)(F)F)cc1. The van der Waals surface area contributed by atoms with Crippen LogP contribution in [0.1, 0.15) is 21.5 Å². The van der Waals surface area contributed by atoms with Crippen molar-refractivity contribution in [3.8, 4) is 11.1 Å². The largest absolute Gasteiger partial charge is 0.465 e. The normalized spacial score (nSPS) is 12.1. The van der Waals surface area contributed by atoms with Gasteiger partial charge in [0.25, 0.3) is 0 Å². The Bertz CT molecular complexity index is 745. The average molecular weight is 348 g/mol. The molecule has 0 bridgehead atoms. The lowest BCUT2D eigenvalue weighted by atomic mass is 9.96. The number of rotatable bonds is 2. The molecular weight excluding hydrogens is 338 g/mol. The van der Waals surface area contributed by atoms with E-state index in [0.29, 0.717) is 6.07 Å². The lowest BCUT2D eigenvalue weighted by Gasteiger charge is -2.13. The van der Waals surface area contributed by atoms with Crippen LogP contribution in [0.3, 0.4) is 0 Å². The van der Waals surface area contributed by atoms with Crippen LogP contribution in [0, 0.1) is 0 Å². The third kappa shape index (κ3) is 3.69. The summed E-state index contributed by atoms with van der Waals surface area (Å²) in [4.78, 5) is 11.7. The molecule has 0 heterocycles. The van der Waals surface area contributed by atoms with E-state index in [0.717, 1.165) is 43.5 Å². The Kier molecular flexibility index (Phi) is 4.59. The van der Waals surface area contributed by atoms with E-state index in [4.69, 9.17) is 0 Å². The molecule has 0 aromatic heterocycles. The highest BCUT2D eigenvalue weighted by molar-refractivity contribution is 5.97. The van der Waals surface area contributed by atoms with Crippen molar-refractivity contribution in [2.75, 3.05) is 7.11 Å². The molecule has 0 atom stereocenters. The molecule has 0 aliphatic carbocycles. The number of methoxy groups -OCH3 is 1. The van der Waals surface area contributed by atoms with Gasteiger partial charge in [0.1, 0.15) is 0 Å². The van der Waals surface area contributed by atoms with Crippen LogP contribution in [0.2, 0.25) is 0 Å². The summed E-state index contributed by atoms with van der Waals surface area (Å²) in [6.07, 6.45) is -9.20. The summed E-state index contributed by atoms with van der Waals surface area (Å²) in [5, 5.41) is 0. The molecule has 2 rings (SSSR count). The molecule has 0 unspecified atom stereocenters. The minimum absolute atomic E-state index is 0.0450. The van der Waals surface area contributed by atoms with Crippen molar-refractivity contribution in [3.63, 3.8) is 0 Å². The molecule has 0 fully saturated rings. The quantitative estimate of drug-likeness (QED) is 0.552. The Morgan fingerprint density at radius 3 is 1.79 bits per heavy atom. The van der Waals surface area contributed by atoms with Gasteiger partial charge in [-0.2, -0.15) is 26.3 Å². The van der Waals surface area contributed by atoms with Gasteiger partial charge in [0.2, 0.25) is 0 Å². The van der Waals surface area contributed by atoms with Crippen LogP contribution in [0.25, 0.3) is 11.1 Å². The lowest BCUT2D eigenvalue weighted by molar-refractivity contribution is -0.138. The number of ether oxygens (including phenoxy) is 1. The molecule has 0 amide bonds. The Labute approximate surface area is 132 Å². The van der Waals surface area contributed by atoms with Crippen LogP contribution >= 0.6 is 0 Å². The second-order valence-corrected chi connectivity index (χ2v) is 4.82. The highest BCUT2D eigenvalue weighted by atomic mass is 19.4.